The highest BCUT2D eigenvalue weighted by atomic mass is 16.6. The van der Waals surface area contributed by atoms with Crippen molar-refractivity contribution in [3.05, 3.63) is 0 Å². The monoisotopic (exact) mass is 386 g/mol. The Hall–Kier alpha value is -1.10. The molecule has 0 aromatic carbocycles. The van der Waals surface area contributed by atoms with Gasteiger partial charge in [-0.3, -0.25) is 9.59 Å². The molecule has 0 fully saturated rings. The van der Waals surface area contributed by atoms with Crippen molar-refractivity contribution in [2.24, 2.45) is 0 Å². The molecule has 0 heterocycles. The van der Waals surface area contributed by atoms with E-state index in [1.807, 2.05) is 0 Å². The van der Waals surface area contributed by atoms with Crippen LogP contribution in [0.15, 0.2) is 0 Å². The lowest BCUT2D eigenvalue weighted by Gasteiger charge is -2.05. The molecule has 0 aliphatic heterocycles. The van der Waals surface area contributed by atoms with E-state index in [1.165, 1.54) is 32.1 Å². The summed E-state index contributed by atoms with van der Waals surface area (Å²) in [5.41, 5.74) is 0. The van der Waals surface area contributed by atoms with Gasteiger partial charge in [-0.1, -0.05) is 71.1 Å². The maximum Gasteiger partial charge on any atom is 0.305 e. The first-order valence-corrected chi connectivity index (χ1v) is 11.0. The van der Waals surface area contributed by atoms with E-state index in [1.54, 1.807) is 7.11 Å². The Bertz CT molecular complexity index is 344. The summed E-state index contributed by atoms with van der Waals surface area (Å²) in [6.45, 7) is 3.59. The van der Waals surface area contributed by atoms with Gasteiger partial charge in [-0.2, -0.15) is 0 Å². The van der Waals surface area contributed by atoms with Crippen LogP contribution in [0.1, 0.15) is 103 Å². The number of carbonyl (C=O) groups is 2. The molecule has 0 radical (unpaired) electrons. The first kappa shape index (κ1) is 25.9. The molecule has 5 nitrogen and oxygen atoms in total. The van der Waals surface area contributed by atoms with Crippen LogP contribution >= 0.6 is 0 Å². The van der Waals surface area contributed by atoms with Gasteiger partial charge in [0.05, 0.1) is 13.2 Å². The molecule has 0 bridgehead atoms. The fourth-order valence-corrected chi connectivity index (χ4v) is 2.87. The highest BCUT2D eigenvalue weighted by Crippen LogP contribution is 2.10. The lowest BCUT2D eigenvalue weighted by molar-refractivity contribution is -0.145. The predicted molar refractivity (Wildman–Crippen MR) is 109 cm³/mol. The second kappa shape index (κ2) is 21.2. The van der Waals surface area contributed by atoms with Crippen molar-refractivity contribution in [1.82, 2.24) is 0 Å². The zero-order valence-corrected chi connectivity index (χ0v) is 17.8. The van der Waals surface area contributed by atoms with Crippen molar-refractivity contribution in [3.8, 4) is 0 Å². The SMILES string of the molecule is CCCCCCCCCOC(=O)CCCCCCCCC(=O)OCCOC. The van der Waals surface area contributed by atoms with E-state index in [0.29, 0.717) is 32.7 Å². The number of unbranched alkanes of at least 4 members (excludes halogenated alkanes) is 11. The molecule has 0 aliphatic carbocycles. The largest absolute Gasteiger partial charge is 0.466 e. The summed E-state index contributed by atoms with van der Waals surface area (Å²) in [4.78, 5) is 23.0. The minimum atomic E-state index is -0.143. The molecule has 160 valence electrons. The second-order valence-electron chi connectivity index (χ2n) is 7.18. The minimum absolute atomic E-state index is 0.0558. The number of hydrogen-bond acceptors (Lipinski definition) is 5. The molecule has 0 saturated carbocycles. The van der Waals surface area contributed by atoms with Crippen LogP contribution in [0.25, 0.3) is 0 Å². The Balaban J connectivity index is 3.24. The van der Waals surface area contributed by atoms with Gasteiger partial charge >= 0.3 is 11.9 Å². The molecular formula is C22H42O5. The average molecular weight is 387 g/mol. The van der Waals surface area contributed by atoms with Crippen molar-refractivity contribution in [2.75, 3.05) is 26.9 Å². The summed E-state index contributed by atoms with van der Waals surface area (Å²) in [6, 6.07) is 0. The van der Waals surface area contributed by atoms with E-state index in [4.69, 9.17) is 14.2 Å². The van der Waals surface area contributed by atoms with Crippen LogP contribution in [0.4, 0.5) is 0 Å². The molecule has 0 unspecified atom stereocenters. The number of carbonyl (C=O) groups excluding carboxylic acids is 2. The normalized spacial score (nSPS) is 10.7. The predicted octanol–water partition coefficient (Wildman–Crippen LogP) is 5.59. The van der Waals surface area contributed by atoms with Crippen LogP contribution in [0.2, 0.25) is 0 Å². The summed E-state index contributed by atoms with van der Waals surface area (Å²) >= 11 is 0. The second-order valence-corrected chi connectivity index (χ2v) is 7.18. The Morgan fingerprint density at radius 1 is 0.556 bits per heavy atom. The van der Waals surface area contributed by atoms with Crippen molar-refractivity contribution in [3.63, 3.8) is 0 Å². The van der Waals surface area contributed by atoms with Crippen molar-refractivity contribution < 1.29 is 23.8 Å². The van der Waals surface area contributed by atoms with E-state index >= 15 is 0 Å². The van der Waals surface area contributed by atoms with Crippen molar-refractivity contribution in [1.29, 1.82) is 0 Å². The van der Waals surface area contributed by atoms with Crippen LogP contribution in [-0.2, 0) is 23.8 Å². The van der Waals surface area contributed by atoms with E-state index in [9.17, 15) is 9.59 Å². The highest BCUT2D eigenvalue weighted by molar-refractivity contribution is 5.69. The van der Waals surface area contributed by atoms with Crippen molar-refractivity contribution in [2.45, 2.75) is 103 Å². The van der Waals surface area contributed by atoms with Gasteiger partial charge in [0.25, 0.3) is 0 Å². The van der Waals surface area contributed by atoms with Gasteiger partial charge < -0.3 is 14.2 Å². The molecule has 0 rings (SSSR count). The quantitative estimate of drug-likeness (QED) is 0.202. The lowest BCUT2D eigenvalue weighted by atomic mass is 10.1. The van der Waals surface area contributed by atoms with Crippen LogP contribution in [0.3, 0.4) is 0 Å². The highest BCUT2D eigenvalue weighted by Gasteiger charge is 2.04. The molecule has 0 saturated heterocycles. The first-order valence-electron chi connectivity index (χ1n) is 11.0. The molecule has 0 spiro atoms. The zero-order valence-electron chi connectivity index (χ0n) is 17.8. The van der Waals surface area contributed by atoms with Crippen LogP contribution in [0, 0.1) is 0 Å². The average Bonchev–Trinajstić information content (AvgIpc) is 2.66. The van der Waals surface area contributed by atoms with Crippen molar-refractivity contribution >= 4 is 11.9 Å². The Morgan fingerprint density at radius 3 is 1.52 bits per heavy atom. The van der Waals surface area contributed by atoms with Gasteiger partial charge in [-0.15, -0.1) is 0 Å². The third-order valence-electron chi connectivity index (χ3n) is 4.57. The summed E-state index contributed by atoms with van der Waals surface area (Å²) in [5, 5.41) is 0. The maximum atomic E-state index is 11.7. The van der Waals surface area contributed by atoms with Gasteiger partial charge in [-0.05, 0) is 19.3 Å². The fraction of sp³-hybridized carbons (Fsp3) is 0.909. The number of ether oxygens (including phenoxy) is 3. The molecule has 27 heavy (non-hydrogen) atoms. The minimum Gasteiger partial charge on any atom is -0.466 e. The number of hydrogen-bond donors (Lipinski definition) is 0. The molecule has 0 amide bonds. The summed E-state index contributed by atoms with van der Waals surface area (Å²) < 4.78 is 15.1. The molecule has 0 aromatic heterocycles. The van der Waals surface area contributed by atoms with Gasteiger partial charge in [-0.25, -0.2) is 0 Å². The molecule has 5 heteroatoms. The van der Waals surface area contributed by atoms with E-state index in [-0.39, 0.29) is 11.9 Å². The van der Waals surface area contributed by atoms with E-state index < -0.39 is 0 Å². The maximum absolute atomic E-state index is 11.7. The smallest absolute Gasteiger partial charge is 0.305 e. The van der Waals surface area contributed by atoms with Gasteiger partial charge in [0, 0.05) is 20.0 Å². The fourth-order valence-electron chi connectivity index (χ4n) is 2.87. The summed E-state index contributed by atoms with van der Waals surface area (Å²) in [5.74, 6) is -0.199. The van der Waals surface area contributed by atoms with Crippen LogP contribution in [-0.4, -0.2) is 38.9 Å². The standard InChI is InChI=1S/C22H42O5/c1-3-4-5-6-9-12-15-18-26-21(23)16-13-10-7-8-11-14-17-22(24)27-20-19-25-2/h3-20H2,1-2H3. The topological polar surface area (TPSA) is 61.8 Å². The number of methoxy groups -OCH3 is 1. The molecule has 0 atom stereocenters. The number of esters is 2. The lowest BCUT2D eigenvalue weighted by Crippen LogP contribution is -2.09. The Labute approximate surface area is 166 Å². The zero-order chi connectivity index (χ0) is 20.0. The Kier molecular flexibility index (Phi) is 20.3. The van der Waals surface area contributed by atoms with E-state index in [0.717, 1.165) is 51.4 Å². The third-order valence-corrected chi connectivity index (χ3v) is 4.57. The van der Waals surface area contributed by atoms with Gasteiger partial charge in [0.1, 0.15) is 6.61 Å². The number of rotatable bonds is 20. The van der Waals surface area contributed by atoms with Crippen LogP contribution in [0.5, 0.6) is 0 Å². The van der Waals surface area contributed by atoms with E-state index in [2.05, 4.69) is 6.92 Å². The molecular weight excluding hydrogens is 344 g/mol. The first-order chi connectivity index (χ1) is 13.2. The van der Waals surface area contributed by atoms with Gasteiger partial charge in [0.2, 0.25) is 0 Å². The summed E-state index contributed by atoms with van der Waals surface area (Å²) in [6.07, 6.45) is 15.7. The summed E-state index contributed by atoms with van der Waals surface area (Å²) in [7, 11) is 1.59. The Morgan fingerprint density at radius 2 is 1.00 bits per heavy atom. The third kappa shape index (κ3) is 21.1. The molecule has 0 aromatic rings. The molecule has 0 aliphatic rings. The van der Waals surface area contributed by atoms with Crippen LogP contribution < -0.4 is 0 Å². The van der Waals surface area contributed by atoms with Gasteiger partial charge in [0.15, 0.2) is 0 Å². The molecule has 0 N–H and O–H groups in total.